The molecule has 5 rings (SSSR count). The maximum atomic E-state index is 6.64. The SMILES string of the molecule is S=P(c1ccccc1)(N1CCN(c2ccc(Cl)cc2)CC1)N1CCN(c2ccc(Cl)cc2)CC1. The van der Waals surface area contributed by atoms with Crippen molar-refractivity contribution in [1.29, 1.82) is 0 Å². The highest BCUT2D eigenvalue weighted by Crippen LogP contribution is 2.53. The number of nitrogens with zero attached hydrogens (tertiary/aromatic N) is 4. The van der Waals surface area contributed by atoms with Crippen LogP contribution in [0.2, 0.25) is 10.0 Å². The number of rotatable bonds is 5. The van der Waals surface area contributed by atoms with E-state index in [1.165, 1.54) is 16.7 Å². The highest BCUT2D eigenvalue weighted by Gasteiger charge is 2.37. The van der Waals surface area contributed by atoms with Crippen LogP contribution in [0.15, 0.2) is 78.9 Å². The largest absolute Gasteiger partial charge is 0.369 e. The summed E-state index contributed by atoms with van der Waals surface area (Å²) >= 11 is 18.8. The Morgan fingerprint density at radius 1 is 0.529 bits per heavy atom. The van der Waals surface area contributed by atoms with E-state index in [-0.39, 0.29) is 0 Å². The van der Waals surface area contributed by atoms with Crippen LogP contribution in [-0.4, -0.2) is 61.7 Å². The maximum absolute atomic E-state index is 6.64. The van der Waals surface area contributed by atoms with E-state index in [1.807, 2.05) is 24.3 Å². The van der Waals surface area contributed by atoms with Gasteiger partial charge in [0.15, 0.2) is 0 Å². The zero-order chi connectivity index (χ0) is 23.5. The normalized spacial score (nSPS) is 18.3. The molecule has 0 unspecified atom stereocenters. The van der Waals surface area contributed by atoms with Gasteiger partial charge in [0.25, 0.3) is 0 Å². The predicted octanol–water partition coefficient (Wildman–Crippen LogP) is 5.57. The van der Waals surface area contributed by atoms with Gasteiger partial charge in [0.2, 0.25) is 0 Å². The molecular weight excluding hydrogens is 502 g/mol. The molecule has 0 aliphatic carbocycles. The Labute approximate surface area is 217 Å². The molecular formula is C26H29Cl2N4PS. The molecule has 2 heterocycles. The van der Waals surface area contributed by atoms with Gasteiger partial charge < -0.3 is 9.80 Å². The van der Waals surface area contributed by atoms with Crippen LogP contribution in [0.3, 0.4) is 0 Å². The molecule has 4 nitrogen and oxygen atoms in total. The number of halogens is 2. The molecule has 0 aromatic heterocycles. The Morgan fingerprint density at radius 2 is 0.912 bits per heavy atom. The summed E-state index contributed by atoms with van der Waals surface area (Å²) in [6.07, 6.45) is -2.07. The molecule has 178 valence electrons. The zero-order valence-electron chi connectivity index (χ0n) is 19.1. The van der Waals surface area contributed by atoms with Gasteiger partial charge >= 0.3 is 0 Å². The second kappa shape index (κ2) is 10.6. The van der Waals surface area contributed by atoms with Gasteiger partial charge in [-0.25, -0.2) is 0 Å². The summed E-state index contributed by atoms with van der Waals surface area (Å²) in [6.45, 7) is 7.74. The van der Waals surface area contributed by atoms with E-state index in [0.29, 0.717) is 0 Å². The average molecular weight is 531 g/mol. The molecule has 2 saturated heterocycles. The molecule has 2 fully saturated rings. The molecule has 0 radical (unpaired) electrons. The van der Waals surface area contributed by atoms with Crippen LogP contribution in [-0.2, 0) is 11.8 Å². The summed E-state index contributed by atoms with van der Waals surface area (Å²) in [7, 11) is 0. The third kappa shape index (κ3) is 5.02. The minimum absolute atomic E-state index is 0.778. The standard InChI is InChI=1S/C26H29Cl2N4PS/c27-22-6-10-24(11-7-22)29-14-18-31(19-15-29)33(34,26-4-2-1-3-5-26)32-20-16-30(17-21-32)25-12-8-23(28)9-13-25/h1-13H,14-21H2. The van der Waals surface area contributed by atoms with Gasteiger partial charge in [0, 0.05) is 79.1 Å². The second-order valence-electron chi connectivity index (χ2n) is 8.71. The molecule has 8 heteroatoms. The Hall–Kier alpha value is -1.59. The van der Waals surface area contributed by atoms with Crippen molar-refractivity contribution >= 4 is 58.0 Å². The fourth-order valence-electron chi connectivity index (χ4n) is 4.88. The molecule has 2 aliphatic heterocycles. The molecule has 0 atom stereocenters. The lowest BCUT2D eigenvalue weighted by Gasteiger charge is -2.49. The third-order valence-electron chi connectivity index (χ3n) is 6.75. The fraction of sp³-hybridized carbons (Fsp3) is 0.308. The first kappa shape index (κ1) is 24.1. The summed E-state index contributed by atoms with van der Waals surface area (Å²) in [6, 6.07) is 27.1. The van der Waals surface area contributed by atoms with Gasteiger partial charge in [0.1, 0.15) is 6.34 Å². The Kier molecular flexibility index (Phi) is 7.50. The van der Waals surface area contributed by atoms with E-state index < -0.39 is 6.34 Å². The lowest BCUT2D eigenvalue weighted by molar-refractivity contribution is 0.354. The number of anilines is 2. The minimum atomic E-state index is -2.07. The van der Waals surface area contributed by atoms with Crippen molar-refractivity contribution < 1.29 is 0 Å². The molecule has 3 aromatic rings. The van der Waals surface area contributed by atoms with E-state index in [0.717, 1.165) is 62.4 Å². The van der Waals surface area contributed by atoms with Crippen LogP contribution < -0.4 is 15.1 Å². The average Bonchev–Trinajstić information content (AvgIpc) is 2.90. The van der Waals surface area contributed by atoms with Crippen LogP contribution >= 0.6 is 29.5 Å². The summed E-state index contributed by atoms with van der Waals surface area (Å²) in [4.78, 5) is 4.88. The topological polar surface area (TPSA) is 13.0 Å². The molecule has 0 spiro atoms. The molecule has 0 amide bonds. The van der Waals surface area contributed by atoms with Gasteiger partial charge in [-0.15, -0.1) is 0 Å². The lowest BCUT2D eigenvalue weighted by atomic mass is 10.2. The number of piperazine rings is 2. The molecule has 3 aromatic carbocycles. The molecule has 34 heavy (non-hydrogen) atoms. The smallest absolute Gasteiger partial charge is 0.107 e. The fourth-order valence-corrected chi connectivity index (χ4v) is 9.49. The van der Waals surface area contributed by atoms with Crippen LogP contribution in [0.1, 0.15) is 0 Å². The quantitative estimate of drug-likeness (QED) is 0.398. The van der Waals surface area contributed by atoms with Crippen molar-refractivity contribution in [3.8, 4) is 0 Å². The van der Waals surface area contributed by atoms with E-state index in [4.69, 9.17) is 35.0 Å². The first-order valence-electron chi connectivity index (χ1n) is 11.7. The number of hydrogen-bond donors (Lipinski definition) is 0. The van der Waals surface area contributed by atoms with Crippen molar-refractivity contribution in [2.45, 2.75) is 0 Å². The van der Waals surface area contributed by atoms with Crippen LogP contribution in [0.4, 0.5) is 11.4 Å². The highest BCUT2D eigenvalue weighted by molar-refractivity contribution is 8.15. The highest BCUT2D eigenvalue weighted by atomic mass is 35.5. The molecule has 0 bridgehead atoms. The van der Waals surface area contributed by atoms with Crippen molar-refractivity contribution in [1.82, 2.24) is 9.34 Å². The van der Waals surface area contributed by atoms with E-state index in [2.05, 4.69) is 73.7 Å². The van der Waals surface area contributed by atoms with Gasteiger partial charge in [0.05, 0.1) is 0 Å². The van der Waals surface area contributed by atoms with Gasteiger partial charge in [-0.05, 0) is 48.5 Å². The van der Waals surface area contributed by atoms with Gasteiger partial charge in [-0.2, -0.15) is 0 Å². The van der Waals surface area contributed by atoms with Gasteiger partial charge in [-0.3, -0.25) is 9.34 Å². The lowest BCUT2D eigenvalue weighted by Crippen LogP contribution is -2.52. The van der Waals surface area contributed by atoms with E-state index in [1.54, 1.807) is 0 Å². The van der Waals surface area contributed by atoms with Crippen LogP contribution in [0, 0.1) is 0 Å². The van der Waals surface area contributed by atoms with E-state index >= 15 is 0 Å². The third-order valence-corrected chi connectivity index (χ3v) is 12.6. The van der Waals surface area contributed by atoms with E-state index in [9.17, 15) is 0 Å². The number of hydrogen-bond acceptors (Lipinski definition) is 3. The Balaban J connectivity index is 1.33. The van der Waals surface area contributed by atoms with Crippen LogP contribution in [0.25, 0.3) is 0 Å². The van der Waals surface area contributed by atoms with Crippen molar-refractivity contribution in [3.63, 3.8) is 0 Å². The number of benzene rings is 3. The molecule has 2 aliphatic rings. The summed E-state index contributed by atoms with van der Waals surface area (Å²) in [5, 5.41) is 2.85. The second-order valence-corrected chi connectivity index (χ2v) is 13.9. The molecule has 0 saturated carbocycles. The Morgan fingerprint density at radius 3 is 1.29 bits per heavy atom. The first-order valence-corrected chi connectivity index (χ1v) is 15.2. The monoisotopic (exact) mass is 530 g/mol. The predicted molar refractivity (Wildman–Crippen MR) is 151 cm³/mol. The summed E-state index contributed by atoms with van der Waals surface area (Å²) in [5.74, 6) is 0. The maximum Gasteiger partial charge on any atom is 0.107 e. The minimum Gasteiger partial charge on any atom is -0.369 e. The van der Waals surface area contributed by atoms with Gasteiger partial charge in [-0.1, -0.05) is 65.3 Å². The first-order chi connectivity index (χ1) is 16.5. The van der Waals surface area contributed by atoms with Crippen molar-refractivity contribution in [2.75, 3.05) is 62.2 Å². The summed E-state index contributed by atoms with van der Waals surface area (Å²) < 4.78 is 5.20. The Bertz CT molecular complexity index is 1060. The molecule has 0 N–H and O–H groups in total. The summed E-state index contributed by atoms with van der Waals surface area (Å²) in [5.41, 5.74) is 2.46. The zero-order valence-corrected chi connectivity index (χ0v) is 22.3. The van der Waals surface area contributed by atoms with Crippen molar-refractivity contribution in [2.24, 2.45) is 0 Å². The van der Waals surface area contributed by atoms with Crippen molar-refractivity contribution in [3.05, 3.63) is 88.9 Å². The van der Waals surface area contributed by atoms with Crippen LogP contribution in [0.5, 0.6) is 0 Å².